The lowest BCUT2D eigenvalue weighted by Crippen LogP contribution is -2.47. The van der Waals surface area contributed by atoms with E-state index in [1.807, 2.05) is 38.1 Å². The van der Waals surface area contributed by atoms with Crippen LogP contribution in [0.3, 0.4) is 0 Å². The highest BCUT2D eigenvalue weighted by molar-refractivity contribution is 8.45. The second-order valence-corrected chi connectivity index (χ2v) is 8.11. The van der Waals surface area contributed by atoms with E-state index in [0.717, 1.165) is 15.7 Å². The van der Waals surface area contributed by atoms with Gasteiger partial charge in [-0.05, 0) is 41.1 Å². The second kappa shape index (κ2) is 7.06. The zero-order chi connectivity index (χ0) is 16.3. The molecule has 0 amide bonds. The summed E-state index contributed by atoms with van der Waals surface area (Å²) in [5.74, 6) is 0.808. The molecule has 4 nitrogen and oxygen atoms in total. The van der Waals surface area contributed by atoms with Crippen LogP contribution in [0.2, 0.25) is 0 Å². The Morgan fingerprint density at radius 2 is 2.14 bits per heavy atom. The number of benzene rings is 1. The van der Waals surface area contributed by atoms with Crippen molar-refractivity contribution in [1.29, 1.82) is 0 Å². The smallest absolute Gasteiger partial charge is 0.224 e. The molecule has 6 heteroatoms. The van der Waals surface area contributed by atoms with Gasteiger partial charge in [-0.25, -0.2) is 0 Å². The number of thioether (sulfide) groups is 2. The predicted molar refractivity (Wildman–Crippen MR) is 98.4 cm³/mol. The third-order valence-electron chi connectivity index (χ3n) is 4.01. The van der Waals surface area contributed by atoms with Gasteiger partial charge in [-0.15, -0.1) is 0 Å². The van der Waals surface area contributed by atoms with Crippen molar-refractivity contribution in [3.63, 3.8) is 0 Å². The van der Waals surface area contributed by atoms with Gasteiger partial charge in [-0.3, -0.25) is 9.79 Å². The van der Waals surface area contributed by atoms with E-state index in [-0.39, 0.29) is 17.0 Å². The van der Waals surface area contributed by atoms with Gasteiger partial charge in [-0.1, -0.05) is 44.7 Å². The summed E-state index contributed by atoms with van der Waals surface area (Å²) in [5, 5.41) is 0.0938. The Hall–Kier alpha value is -0.980. The molecular formula is C16H23N3OS2. The van der Waals surface area contributed by atoms with Crippen LogP contribution in [0.25, 0.3) is 0 Å². The van der Waals surface area contributed by atoms with Gasteiger partial charge in [0.1, 0.15) is 9.91 Å². The molecule has 1 aliphatic heterocycles. The molecule has 1 aromatic rings. The number of rotatable bonds is 5. The third-order valence-corrected chi connectivity index (χ3v) is 6.02. The van der Waals surface area contributed by atoms with Crippen molar-refractivity contribution < 1.29 is 4.79 Å². The predicted octanol–water partition coefficient (Wildman–Crippen LogP) is 3.09. The molecule has 2 rings (SSSR count). The summed E-state index contributed by atoms with van der Waals surface area (Å²) in [6.45, 7) is 6.50. The van der Waals surface area contributed by atoms with Crippen molar-refractivity contribution in [2.75, 3.05) is 18.0 Å². The molecule has 0 aliphatic carbocycles. The molecule has 0 bridgehead atoms. The summed E-state index contributed by atoms with van der Waals surface area (Å²) in [6, 6.07) is 7.63. The molecule has 0 radical (unpaired) electrons. The van der Waals surface area contributed by atoms with Crippen LogP contribution in [0.15, 0.2) is 29.3 Å². The van der Waals surface area contributed by atoms with Gasteiger partial charge >= 0.3 is 0 Å². The summed E-state index contributed by atoms with van der Waals surface area (Å²) in [4.78, 5) is 17.7. The van der Waals surface area contributed by atoms with Crippen LogP contribution in [0.5, 0.6) is 0 Å². The average molecular weight is 338 g/mol. The fourth-order valence-corrected chi connectivity index (χ4v) is 5.12. The number of nitrogens with zero attached hydrogens (tertiary/aromatic N) is 1. The Morgan fingerprint density at radius 3 is 2.68 bits per heavy atom. The van der Waals surface area contributed by atoms with Crippen LogP contribution in [0.1, 0.15) is 32.3 Å². The number of aliphatic imine (C=N–C) groups is 1. The zero-order valence-electron chi connectivity index (χ0n) is 13.2. The van der Waals surface area contributed by atoms with E-state index in [0.29, 0.717) is 12.2 Å². The lowest BCUT2D eigenvalue weighted by Gasteiger charge is -2.36. The molecule has 120 valence electrons. The van der Waals surface area contributed by atoms with Gasteiger partial charge in [0.05, 0.1) is 0 Å². The summed E-state index contributed by atoms with van der Waals surface area (Å²) in [7, 11) is 0. The number of anilines is 1. The Balaban J connectivity index is 2.52. The number of carbonyl (C=O) groups is 1. The maximum Gasteiger partial charge on any atom is 0.224 e. The van der Waals surface area contributed by atoms with Gasteiger partial charge in [0.15, 0.2) is 0 Å². The molecule has 0 fully saturated rings. The summed E-state index contributed by atoms with van der Waals surface area (Å²) < 4.78 is 0.851. The molecular weight excluding hydrogens is 314 g/mol. The first-order chi connectivity index (χ1) is 10.5. The van der Waals surface area contributed by atoms with Crippen molar-refractivity contribution in [2.45, 2.75) is 32.2 Å². The van der Waals surface area contributed by atoms with E-state index >= 15 is 0 Å². The topological polar surface area (TPSA) is 81.5 Å². The van der Waals surface area contributed by atoms with Crippen molar-refractivity contribution in [2.24, 2.45) is 16.6 Å². The van der Waals surface area contributed by atoms with Crippen molar-refractivity contribution >= 4 is 38.7 Å². The van der Waals surface area contributed by atoms with E-state index in [1.165, 1.54) is 11.8 Å². The highest BCUT2D eigenvalue weighted by atomic mass is 32.2. The van der Waals surface area contributed by atoms with Crippen LogP contribution in [0.4, 0.5) is 5.69 Å². The number of carbonyl (C=O) groups excluding carboxylic acids is 1. The number of hydrogen-bond donors (Lipinski definition) is 2. The average Bonchev–Trinajstić information content (AvgIpc) is 2.78. The summed E-state index contributed by atoms with van der Waals surface area (Å²) >= 11 is 2.87. The molecule has 4 N–H and O–H groups in total. The summed E-state index contributed by atoms with van der Waals surface area (Å²) in [5.41, 5.74) is 12.8. The molecule has 0 unspecified atom stereocenters. The van der Waals surface area contributed by atoms with Gasteiger partial charge in [-0.2, -0.15) is 0 Å². The molecule has 0 saturated carbocycles. The van der Waals surface area contributed by atoms with Gasteiger partial charge in [0.25, 0.3) is 0 Å². The van der Waals surface area contributed by atoms with Crippen LogP contribution < -0.4 is 11.5 Å². The quantitative estimate of drug-likeness (QED) is 0.807. The van der Waals surface area contributed by atoms with E-state index in [2.05, 4.69) is 6.92 Å². The zero-order valence-corrected chi connectivity index (χ0v) is 14.8. The molecule has 1 aliphatic rings. The number of nitrogen functional groups attached to an aromatic ring is 1. The lowest BCUT2D eigenvalue weighted by molar-refractivity contribution is -0.117. The Bertz CT molecular complexity index is 589. The van der Waals surface area contributed by atoms with Gasteiger partial charge in [0.2, 0.25) is 5.12 Å². The molecule has 0 aromatic heterocycles. The normalized spacial score (nSPS) is 23.0. The molecule has 1 aromatic carbocycles. The minimum Gasteiger partial charge on any atom is -0.399 e. The van der Waals surface area contributed by atoms with Crippen molar-refractivity contribution in [1.82, 2.24) is 0 Å². The molecule has 0 saturated heterocycles. The van der Waals surface area contributed by atoms with Crippen LogP contribution in [0, 0.1) is 5.92 Å². The highest BCUT2D eigenvalue weighted by Crippen LogP contribution is 2.47. The van der Waals surface area contributed by atoms with E-state index in [4.69, 9.17) is 16.5 Å². The number of nitrogens with two attached hydrogens (primary N) is 2. The first kappa shape index (κ1) is 17.4. The van der Waals surface area contributed by atoms with E-state index in [9.17, 15) is 4.79 Å². The molecule has 1 heterocycles. The third kappa shape index (κ3) is 3.05. The van der Waals surface area contributed by atoms with Crippen molar-refractivity contribution in [3.05, 3.63) is 29.8 Å². The van der Waals surface area contributed by atoms with E-state index < -0.39 is 5.54 Å². The first-order valence-corrected chi connectivity index (χ1v) is 9.26. The Morgan fingerprint density at radius 1 is 1.41 bits per heavy atom. The monoisotopic (exact) mass is 337 g/mol. The van der Waals surface area contributed by atoms with Crippen LogP contribution >= 0.6 is 23.5 Å². The molecule has 22 heavy (non-hydrogen) atoms. The highest BCUT2D eigenvalue weighted by Gasteiger charge is 2.52. The minimum atomic E-state index is -0.801. The maximum absolute atomic E-state index is 12.8. The lowest BCUT2D eigenvalue weighted by atomic mass is 9.73. The van der Waals surface area contributed by atoms with Crippen molar-refractivity contribution in [3.8, 4) is 0 Å². The fourth-order valence-electron chi connectivity index (χ4n) is 2.90. The second-order valence-electron chi connectivity index (χ2n) is 5.64. The summed E-state index contributed by atoms with van der Waals surface area (Å²) in [6.07, 6.45) is 0. The standard InChI is InChI=1S/C16H23N3OS2/c1-4-21-15-19-16(10(2)3,14(20)22-15)13(9-17)11-6-5-7-12(18)8-11/h5-8,10,13H,4,9,17-18H2,1-3H3/t13-,16+/m1/s1. The van der Waals surface area contributed by atoms with Gasteiger partial charge < -0.3 is 11.5 Å². The molecule has 0 spiro atoms. The first-order valence-electron chi connectivity index (χ1n) is 7.46. The van der Waals surface area contributed by atoms with Crippen LogP contribution in [-0.4, -0.2) is 27.3 Å². The van der Waals surface area contributed by atoms with E-state index in [1.54, 1.807) is 11.8 Å². The van der Waals surface area contributed by atoms with Gasteiger partial charge in [0, 0.05) is 18.2 Å². The SMILES string of the molecule is CCSC1=N[C@@](C(C)C)([C@H](CN)c2cccc(N)c2)C(=O)S1. The Labute approximate surface area is 140 Å². The largest absolute Gasteiger partial charge is 0.399 e. The maximum atomic E-state index is 12.8. The molecule has 2 atom stereocenters. The minimum absolute atomic E-state index is 0.0671. The number of hydrogen-bond acceptors (Lipinski definition) is 6. The van der Waals surface area contributed by atoms with Crippen LogP contribution in [-0.2, 0) is 4.79 Å². The fraction of sp³-hybridized carbons (Fsp3) is 0.500. The Kier molecular flexibility index (Phi) is 5.58.